The maximum Gasteiger partial charge on any atom is 0.141 e. The van der Waals surface area contributed by atoms with Crippen molar-refractivity contribution in [1.29, 1.82) is 5.26 Å². The molecule has 2 aromatic carbocycles. The number of halogens is 2. The second-order valence-electron chi connectivity index (χ2n) is 3.77. The van der Waals surface area contributed by atoms with Gasteiger partial charge in [-0.2, -0.15) is 5.26 Å². The average Bonchev–Trinajstić information content (AvgIpc) is 2.33. The Bertz CT molecular complexity index is 634. The van der Waals surface area contributed by atoms with Crippen LogP contribution in [-0.4, -0.2) is 0 Å². The van der Waals surface area contributed by atoms with Crippen molar-refractivity contribution < 1.29 is 4.74 Å². The SMILES string of the molecule is Cc1cc(Oc2ccc(Cl)cc2Br)ccc1C#N. The molecule has 2 aromatic rings. The van der Waals surface area contributed by atoms with Crippen molar-refractivity contribution in [2.24, 2.45) is 0 Å². The molecule has 0 radical (unpaired) electrons. The van der Waals surface area contributed by atoms with Gasteiger partial charge in [-0.25, -0.2) is 0 Å². The molecule has 0 atom stereocenters. The normalized spacial score (nSPS) is 9.89. The molecular formula is C14H9BrClNO. The molecule has 0 aliphatic rings. The van der Waals surface area contributed by atoms with E-state index < -0.39 is 0 Å². The maximum absolute atomic E-state index is 8.86. The smallest absolute Gasteiger partial charge is 0.141 e. The Balaban J connectivity index is 2.29. The van der Waals surface area contributed by atoms with E-state index >= 15 is 0 Å². The summed E-state index contributed by atoms with van der Waals surface area (Å²) >= 11 is 9.25. The van der Waals surface area contributed by atoms with Crippen LogP contribution in [0.5, 0.6) is 11.5 Å². The summed E-state index contributed by atoms with van der Waals surface area (Å²) in [7, 11) is 0. The predicted molar refractivity (Wildman–Crippen MR) is 75.1 cm³/mol. The molecule has 0 amide bonds. The zero-order chi connectivity index (χ0) is 13.1. The van der Waals surface area contributed by atoms with Gasteiger partial charge in [-0.3, -0.25) is 0 Å². The second kappa shape index (κ2) is 5.43. The third kappa shape index (κ3) is 2.84. The summed E-state index contributed by atoms with van der Waals surface area (Å²) in [6.07, 6.45) is 0. The number of benzene rings is 2. The van der Waals surface area contributed by atoms with E-state index in [1.54, 1.807) is 30.3 Å². The fourth-order valence-electron chi connectivity index (χ4n) is 1.51. The van der Waals surface area contributed by atoms with Gasteiger partial charge in [0.2, 0.25) is 0 Å². The second-order valence-corrected chi connectivity index (χ2v) is 5.06. The third-order valence-electron chi connectivity index (χ3n) is 2.44. The third-order valence-corrected chi connectivity index (χ3v) is 3.29. The van der Waals surface area contributed by atoms with E-state index in [1.807, 2.05) is 13.0 Å². The highest BCUT2D eigenvalue weighted by Crippen LogP contribution is 2.32. The number of hydrogen-bond acceptors (Lipinski definition) is 2. The molecule has 2 rings (SSSR count). The lowest BCUT2D eigenvalue weighted by Crippen LogP contribution is -1.88. The van der Waals surface area contributed by atoms with Crippen LogP contribution in [0.15, 0.2) is 40.9 Å². The zero-order valence-corrected chi connectivity index (χ0v) is 11.9. The summed E-state index contributed by atoms with van der Waals surface area (Å²) in [4.78, 5) is 0. The van der Waals surface area contributed by atoms with E-state index in [2.05, 4.69) is 22.0 Å². The van der Waals surface area contributed by atoms with E-state index in [0.717, 1.165) is 10.0 Å². The zero-order valence-electron chi connectivity index (χ0n) is 9.58. The van der Waals surface area contributed by atoms with Crippen molar-refractivity contribution in [1.82, 2.24) is 0 Å². The largest absolute Gasteiger partial charge is 0.456 e. The van der Waals surface area contributed by atoms with E-state index in [1.165, 1.54) is 0 Å². The molecule has 2 nitrogen and oxygen atoms in total. The Morgan fingerprint density at radius 2 is 2.00 bits per heavy atom. The Morgan fingerprint density at radius 1 is 1.22 bits per heavy atom. The highest BCUT2D eigenvalue weighted by molar-refractivity contribution is 9.10. The number of ether oxygens (including phenoxy) is 1. The van der Waals surface area contributed by atoms with Crippen molar-refractivity contribution in [3.05, 3.63) is 57.0 Å². The standard InChI is InChI=1S/C14H9BrClNO/c1-9-6-12(4-2-10(9)8-17)18-14-5-3-11(16)7-13(14)15/h2-7H,1H3. The first-order valence-corrected chi connectivity index (χ1v) is 6.41. The van der Waals surface area contributed by atoms with Crippen molar-refractivity contribution in [3.63, 3.8) is 0 Å². The molecule has 0 fully saturated rings. The molecule has 0 saturated carbocycles. The van der Waals surface area contributed by atoms with Gasteiger partial charge in [0.05, 0.1) is 16.1 Å². The van der Waals surface area contributed by atoms with Gasteiger partial charge in [0.15, 0.2) is 0 Å². The van der Waals surface area contributed by atoms with Crippen molar-refractivity contribution in [2.75, 3.05) is 0 Å². The number of hydrogen-bond donors (Lipinski definition) is 0. The Hall–Kier alpha value is -1.50. The molecule has 0 heterocycles. The molecule has 0 aliphatic carbocycles. The molecule has 0 N–H and O–H groups in total. The van der Waals surface area contributed by atoms with Crippen LogP contribution in [0.3, 0.4) is 0 Å². The topological polar surface area (TPSA) is 33.0 Å². The lowest BCUT2D eigenvalue weighted by Gasteiger charge is -2.09. The van der Waals surface area contributed by atoms with Crippen LogP contribution in [0.1, 0.15) is 11.1 Å². The lowest BCUT2D eigenvalue weighted by molar-refractivity contribution is 0.479. The molecule has 0 aliphatic heterocycles. The van der Waals surface area contributed by atoms with Crippen LogP contribution in [0, 0.1) is 18.3 Å². The summed E-state index contributed by atoms with van der Waals surface area (Å²) in [6.45, 7) is 1.88. The quantitative estimate of drug-likeness (QED) is 0.773. The number of nitrogens with zero attached hydrogens (tertiary/aromatic N) is 1. The molecule has 0 spiro atoms. The van der Waals surface area contributed by atoms with Gasteiger partial charge < -0.3 is 4.74 Å². The Kier molecular flexibility index (Phi) is 3.90. The first-order valence-electron chi connectivity index (χ1n) is 5.24. The van der Waals surface area contributed by atoms with Crippen LogP contribution in [0.2, 0.25) is 5.02 Å². The predicted octanol–water partition coefficient (Wildman–Crippen LogP) is 5.07. The Labute approximate surface area is 119 Å². The lowest BCUT2D eigenvalue weighted by atomic mass is 10.1. The van der Waals surface area contributed by atoms with Crippen LogP contribution >= 0.6 is 27.5 Å². The highest BCUT2D eigenvalue weighted by atomic mass is 79.9. The fourth-order valence-corrected chi connectivity index (χ4v) is 2.27. The molecule has 18 heavy (non-hydrogen) atoms. The van der Waals surface area contributed by atoms with E-state index in [4.69, 9.17) is 21.6 Å². The van der Waals surface area contributed by atoms with Crippen LogP contribution in [-0.2, 0) is 0 Å². The van der Waals surface area contributed by atoms with E-state index in [0.29, 0.717) is 22.1 Å². The molecule has 4 heteroatoms. The van der Waals surface area contributed by atoms with Gasteiger partial charge in [-0.05, 0) is 64.8 Å². The monoisotopic (exact) mass is 321 g/mol. The highest BCUT2D eigenvalue weighted by Gasteiger charge is 2.05. The summed E-state index contributed by atoms with van der Waals surface area (Å²) in [5.74, 6) is 1.37. The molecule has 0 unspecified atom stereocenters. The molecule has 0 saturated heterocycles. The first kappa shape index (κ1) is 12.9. The van der Waals surface area contributed by atoms with Crippen molar-refractivity contribution >= 4 is 27.5 Å². The van der Waals surface area contributed by atoms with E-state index in [9.17, 15) is 0 Å². The minimum absolute atomic E-state index is 0.644. The first-order chi connectivity index (χ1) is 8.60. The van der Waals surface area contributed by atoms with Crippen LogP contribution in [0.25, 0.3) is 0 Å². The molecule has 90 valence electrons. The minimum Gasteiger partial charge on any atom is -0.456 e. The summed E-state index contributed by atoms with van der Waals surface area (Å²) in [6, 6.07) is 12.8. The molecular weight excluding hydrogens is 314 g/mol. The van der Waals surface area contributed by atoms with Crippen molar-refractivity contribution in [3.8, 4) is 17.6 Å². The minimum atomic E-state index is 0.644. The number of nitriles is 1. The van der Waals surface area contributed by atoms with Gasteiger partial charge in [0.25, 0.3) is 0 Å². The molecule has 0 aromatic heterocycles. The van der Waals surface area contributed by atoms with Gasteiger partial charge in [0, 0.05) is 5.02 Å². The van der Waals surface area contributed by atoms with Gasteiger partial charge in [-0.1, -0.05) is 11.6 Å². The summed E-state index contributed by atoms with van der Waals surface area (Å²) in [5, 5.41) is 9.50. The van der Waals surface area contributed by atoms with Crippen molar-refractivity contribution in [2.45, 2.75) is 6.92 Å². The average molecular weight is 323 g/mol. The number of rotatable bonds is 2. The van der Waals surface area contributed by atoms with Crippen LogP contribution in [0.4, 0.5) is 0 Å². The maximum atomic E-state index is 8.86. The Morgan fingerprint density at radius 3 is 2.61 bits per heavy atom. The fraction of sp³-hybridized carbons (Fsp3) is 0.0714. The molecule has 0 bridgehead atoms. The summed E-state index contributed by atoms with van der Waals surface area (Å²) < 4.78 is 6.52. The van der Waals surface area contributed by atoms with E-state index in [-0.39, 0.29) is 0 Å². The van der Waals surface area contributed by atoms with Gasteiger partial charge in [0.1, 0.15) is 11.5 Å². The number of aryl methyl sites for hydroxylation is 1. The summed E-state index contributed by atoms with van der Waals surface area (Å²) in [5.41, 5.74) is 1.54. The van der Waals surface area contributed by atoms with Crippen LogP contribution < -0.4 is 4.74 Å². The van der Waals surface area contributed by atoms with Gasteiger partial charge in [-0.15, -0.1) is 0 Å². The van der Waals surface area contributed by atoms with Gasteiger partial charge >= 0.3 is 0 Å².